The molecule has 0 aliphatic rings. The molecular weight excluding hydrogens is 171 g/mol. The normalized spacial score (nSPS) is 10.0. The predicted octanol–water partition coefficient (Wildman–Crippen LogP) is 2.93. The summed E-state index contributed by atoms with van der Waals surface area (Å²) < 4.78 is 0. The van der Waals surface area contributed by atoms with Gasteiger partial charge in [-0.25, -0.2) is 0 Å². The third-order valence-electron chi connectivity index (χ3n) is 1.51. The van der Waals surface area contributed by atoms with Gasteiger partial charge in [-0.15, -0.1) is 0 Å². The molecule has 0 fully saturated rings. The van der Waals surface area contributed by atoms with Crippen molar-refractivity contribution in [3.05, 3.63) is 0 Å². The van der Waals surface area contributed by atoms with Gasteiger partial charge in [0.15, 0.2) is 0 Å². The fourth-order valence-electron chi connectivity index (χ4n) is 0.892. The summed E-state index contributed by atoms with van der Waals surface area (Å²) in [5.41, 5.74) is 0. The summed E-state index contributed by atoms with van der Waals surface area (Å²) >= 11 is 2.65. The molecule has 0 aromatic heterocycles. The van der Waals surface area contributed by atoms with Crippen molar-refractivity contribution >= 4 is 16.9 Å². The molecule has 0 nitrogen and oxygen atoms in total. The second kappa shape index (κ2) is 8.56. The molecule has 0 aliphatic heterocycles. The van der Waals surface area contributed by atoms with Crippen LogP contribution < -0.4 is 0 Å². The fourth-order valence-corrected chi connectivity index (χ4v) is 1.36. The summed E-state index contributed by atoms with van der Waals surface area (Å²) in [6.45, 7) is 2.26. The molecule has 0 bridgehead atoms. The topological polar surface area (TPSA) is 0 Å². The van der Waals surface area contributed by atoms with Gasteiger partial charge in [-0.3, -0.25) is 0 Å². The van der Waals surface area contributed by atoms with Crippen LogP contribution in [-0.4, -0.2) is 16.9 Å². The Morgan fingerprint density at radius 3 is 2.00 bits per heavy atom. The van der Waals surface area contributed by atoms with Gasteiger partial charge in [0, 0.05) is 0 Å². The van der Waals surface area contributed by atoms with Gasteiger partial charge in [0.2, 0.25) is 0 Å². The Kier molecular flexibility index (Phi) is 9.09. The molecule has 0 N–H and O–H groups in total. The third kappa shape index (κ3) is 8.56. The monoisotopic (exact) mass is 188 g/mol. The average molecular weight is 188 g/mol. The summed E-state index contributed by atoms with van der Waals surface area (Å²) in [6.07, 6.45) is 8.54. The molecule has 0 rings (SSSR count). The van der Waals surface area contributed by atoms with Crippen LogP contribution in [0.5, 0.6) is 0 Å². The van der Waals surface area contributed by atoms with Crippen molar-refractivity contribution in [2.45, 2.75) is 50.7 Å². The first-order valence-electron chi connectivity index (χ1n) is 4.02. The van der Waals surface area contributed by atoms with Crippen LogP contribution in [-0.2, 0) is 0 Å². The van der Waals surface area contributed by atoms with E-state index in [1.54, 1.807) is 0 Å². The van der Waals surface area contributed by atoms with E-state index < -0.39 is 0 Å². The van der Waals surface area contributed by atoms with Gasteiger partial charge in [0.05, 0.1) is 0 Å². The van der Waals surface area contributed by atoms with Crippen molar-refractivity contribution in [2.75, 3.05) is 0 Å². The van der Waals surface area contributed by atoms with E-state index in [2.05, 4.69) is 23.8 Å². The zero-order valence-electron chi connectivity index (χ0n) is 6.40. The van der Waals surface area contributed by atoms with Crippen molar-refractivity contribution < 1.29 is 0 Å². The number of hydrogen-bond acceptors (Lipinski definition) is 0. The van der Waals surface area contributed by atoms with Gasteiger partial charge < -0.3 is 0 Å². The summed E-state index contributed by atoms with van der Waals surface area (Å²) in [5.74, 6) is 0. The molecule has 0 atom stereocenters. The first-order valence-corrected chi connectivity index (χ1v) is 5.35. The summed E-state index contributed by atoms with van der Waals surface area (Å²) in [5, 5.41) is 1.30. The maximum atomic E-state index is 2.65. The second-order valence-electron chi connectivity index (χ2n) is 2.49. The van der Waals surface area contributed by atoms with Crippen molar-refractivity contribution in [1.29, 1.82) is 0 Å². The predicted molar refractivity (Wildman–Crippen MR) is 43.9 cm³/mol. The Balaban J connectivity index is 2.60. The summed E-state index contributed by atoms with van der Waals surface area (Å²) in [4.78, 5) is 0. The molecule has 0 unspecified atom stereocenters. The zero-order valence-corrected chi connectivity index (χ0v) is 8.27. The molecule has 54 valence electrons. The summed E-state index contributed by atoms with van der Waals surface area (Å²) in [7, 11) is 0. The Morgan fingerprint density at radius 1 is 0.889 bits per heavy atom. The Bertz CT molecular complexity index is 37.8. The maximum absolute atomic E-state index is 2.65. The van der Waals surface area contributed by atoms with Crippen LogP contribution in [0.15, 0.2) is 0 Å². The van der Waals surface area contributed by atoms with Crippen LogP contribution in [0.2, 0.25) is 5.21 Å². The first-order chi connectivity index (χ1) is 4.41. The van der Waals surface area contributed by atoms with Crippen molar-refractivity contribution in [3.63, 3.8) is 0 Å². The van der Waals surface area contributed by atoms with Crippen LogP contribution >= 0.6 is 0 Å². The zero-order chi connectivity index (χ0) is 6.95. The first kappa shape index (κ1) is 9.56. The van der Waals surface area contributed by atoms with E-state index in [9.17, 15) is 0 Å². The fraction of sp³-hybridized carbons (Fsp3) is 1.00. The molecule has 0 heterocycles. The van der Waals surface area contributed by atoms with E-state index in [0.29, 0.717) is 0 Å². The molecule has 0 aromatic carbocycles. The van der Waals surface area contributed by atoms with Gasteiger partial charge in [0.1, 0.15) is 0 Å². The van der Waals surface area contributed by atoms with Gasteiger partial charge in [0.25, 0.3) is 0 Å². The van der Waals surface area contributed by atoms with E-state index in [1.807, 2.05) is 0 Å². The minimum atomic E-state index is 1.30. The molecule has 2 radical (unpaired) electrons. The third-order valence-corrected chi connectivity index (χ3v) is 2.18. The second-order valence-corrected chi connectivity index (χ2v) is 3.43. The Hall–Kier alpha value is 0.558. The Morgan fingerprint density at radius 2 is 1.44 bits per heavy atom. The van der Waals surface area contributed by atoms with E-state index in [4.69, 9.17) is 0 Å². The van der Waals surface area contributed by atoms with Crippen LogP contribution in [0.1, 0.15) is 45.4 Å². The Labute approximate surface area is 67.9 Å². The molecule has 0 aliphatic carbocycles. The van der Waals surface area contributed by atoms with Gasteiger partial charge >= 0.3 is 67.5 Å². The number of hydrogen-bond donors (Lipinski definition) is 0. The van der Waals surface area contributed by atoms with Gasteiger partial charge in [-0.1, -0.05) is 0 Å². The van der Waals surface area contributed by atoms with E-state index in [1.165, 1.54) is 43.7 Å². The molecule has 0 aromatic rings. The quantitative estimate of drug-likeness (QED) is 0.444. The van der Waals surface area contributed by atoms with E-state index in [-0.39, 0.29) is 0 Å². The summed E-state index contributed by atoms with van der Waals surface area (Å²) in [6, 6.07) is 0. The van der Waals surface area contributed by atoms with Crippen LogP contribution in [0.25, 0.3) is 0 Å². The molecule has 0 amide bonds. The number of unbranched alkanes of at least 4 members (excludes halogenated alkanes) is 5. The van der Waals surface area contributed by atoms with Gasteiger partial charge in [-0.2, -0.15) is 0 Å². The van der Waals surface area contributed by atoms with E-state index >= 15 is 0 Å². The van der Waals surface area contributed by atoms with Crippen LogP contribution in [0, 0.1) is 0 Å². The molecule has 9 heavy (non-hydrogen) atoms. The molecule has 0 spiro atoms. The molecular formula is C8H17As. The molecule has 0 saturated heterocycles. The standard InChI is InChI=1S/C8H17As/c1-2-3-4-5-6-7-8-9/h2-8H2,1H3. The van der Waals surface area contributed by atoms with Crippen LogP contribution in [0.3, 0.4) is 0 Å². The molecule has 0 saturated carbocycles. The average Bonchev–Trinajstić information content (AvgIpc) is 1.89. The van der Waals surface area contributed by atoms with Crippen molar-refractivity contribution in [2.24, 2.45) is 0 Å². The number of rotatable bonds is 6. The van der Waals surface area contributed by atoms with Crippen LogP contribution in [0.4, 0.5) is 0 Å². The minimum absolute atomic E-state index is 1.30. The van der Waals surface area contributed by atoms with Crippen molar-refractivity contribution in [3.8, 4) is 0 Å². The van der Waals surface area contributed by atoms with Gasteiger partial charge in [-0.05, 0) is 0 Å². The molecule has 1 heteroatoms. The SMILES string of the molecule is CCCCCCCC[As]. The van der Waals surface area contributed by atoms with Crippen molar-refractivity contribution in [1.82, 2.24) is 0 Å². The van der Waals surface area contributed by atoms with E-state index in [0.717, 1.165) is 0 Å².